The second-order valence-electron chi connectivity index (χ2n) is 6.08. The maximum Gasteiger partial charge on any atom is 0.0991 e. The average Bonchev–Trinajstić information content (AvgIpc) is 2.53. The highest BCUT2D eigenvalue weighted by molar-refractivity contribution is 5.34. The van der Waals surface area contributed by atoms with Crippen molar-refractivity contribution in [3.63, 3.8) is 0 Å². The summed E-state index contributed by atoms with van der Waals surface area (Å²) in [5.74, 6) is 1.05. The summed E-state index contributed by atoms with van der Waals surface area (Å²) in [6.07, 6.45) is 2.19. The van der Waals surface area contributed by atoms with E-state index in [1.807, 2.05) is 18.2 Å². The molecule has 0 N–H and O–H groups in total. The van der Waals surface area contributed by atoms with Crippen molar-refractivity contribution in [3.8, 4) is 6.07 Å². The van der Waals surface area contributed by atoms with E-state index in [0.29, 0.717) is 11.8 Å². The minimum Gasteiger partial charge on any atom is -0.192 e. The number of nitriles is 1. The second-order valence-corrected chi connectivity index (χ2v) is 6.08. The summed E-state index contributed by atoms with van der Waals surface area (Å²) >= 11 is 0. The lowest BCUT2D eigenvalue weighted by Gasteiger charge is -2.13. The summed E-state index contributed by atoms with van der Waals surface area (Å²) in [4.78, 5) is 0. The van der Waals surface area contributed by atoms with Crippen LogP contribution >= 0.6 is 0 Å². The van der Waals surface area contributed by atoms with E-state index in [0.717, 1.165) is 18.4 Å². The largest absolute Gasteiger partial charge is 0.192 e. The molecule has 0 spiro atoms. The zero-order valence-corrected chi connectivity index (χ0v) is 13.1. The van der Waals surface area contributed by atoms with E-state index >= 15 is 0 Å². The molecule has 0 fully saturated rings. The van der Waals surface area contributed by atoms with E-state index in [9.17, 15) is 0 Å². The van der Waals surface area contributed by atoms with Crippen molar-refractivity contribution in [1.82, 2.24) is 0 Å². The van der Waals surface area contributed by atoms with Gasteiger partial charge in [0.25, 0.3) is 0 Å². The van der Waals surface area contributed by atoms with Gasteiger partial charge in [-0.25, -0.2) is 0 Å². The summed E-state index contributed by atoms with van der Waals surface area (Å²) in [6.45, 7) is 6.70. The summed E-state index contributed by atoms with van der Waals surface area (Å²) < 4.78 is 0. The fourth-order valence-electron chi connectivity index (χ4n) is 2.57. The Kier molecular flexibility index (Phi) is 5.17. The monoisotopic (exact) mass is 277 g/mol. The van der Waals surface area contributed by atoms with Gasteiger partial charge in [-0.2, -0.15) is 5.26 Å². The van der Waals surface area contributed by atoms with Crippen LogP contribution in [0.25, 0.3) is 0 Å². The van der Waals surface area contributed by atoms with E-state index in [2.05, 4.69) is 57.2 Å². The molecule has 0 aliphatic carbocycles. The first-order chi connectivity index (χ1) is 10.1. The molecular formula is C20H23N. The first kappa shape index (κ1) is 15.3. The van der Waals surface area contributed by atoms with Gasteiger partial charge in [0.1, 0.15) is 0 Å². The lowest BCUT2D eigenvalue weighted by Crippen LogP contribution is -1.98. The molecule has 1 heteroatoms. The van der Waals surface area contributed by atoms with Gasteiger partial charge in [0, 0.05) is 0 Å². The van der Waals surface area contributed by atoms with Crippen LogP contribution in [0.2, 0.25) is 0 Å². The maximum absolute atomic E-state index is 8.98. The molecule has 0 radical (unpaired) electrons. The Morgan fingerprint density at radius 3 is 2.38 bits per heavy atom. The molecule has 0 amide bonds. The zero-order chi connectivity index (χ0) is 15.2. The summed E-state index contributed by atoms with van der Waals surface area (Å²) in [5, 5.41) is 8.98. The topological polar surface area (TPSA) is 23.8 Å². The van der Waals surface area contributed by atoms with Crippen molar-refractivity contribution < 1.29 is 0 Å². The van der Waals surface area contributed by atoms with Crippen molar-refractivity contribution in [3.05, 3.63) is 70.8 Å². The van der Waals surface area contributed by atoms with Crippen LogP contribution in [0.5, 0.6) is 0 Å². The number of aryl methyl sites for hydroxylation is 1. The quantitative estimate of drug-likeness (QED) is 0.716. The van der Waals surface area contributed by atoms with E-state index < -0.39 is 0 Å². The van der Waals surface area contributed by atoms with E-state index in [4.69, 9.17) is 5.26 Å². The predicted molar refractivity (Wildman–Crippen MR) is 88.4 cm³/mol. The molecule has 21 heavy (non-hydrogen) atoms. The minimum absolute atomic E-state index is 0.473. The van der Waals surface area contributed by atoms with Crippen molar-refractivity contribution in [1.29, 1.82) is 5.26 Å². The lowest BCUT2D eigenvalue weighted by atomic mass is 9.92. The van der Waals surface area contributed by atoms with E-state index in [-0.39, 0.29) is 0 Å². The lowest BCUT2D eigenvalue weighted by molar-refractivity contribution is 0.678. The van der Waals surface area contributed by atoms with Crippen LogP contribution in [0, 0.1) is 11.3 Å². The first-order valence-electron chi connectivity index (χ1n) is 7.69. The van der Waals surface area contributed by atoms with Crippen LogP contribution in [0.1, 0.15) is 61.3 Å². The molecule has 2 aromatic carbocycles. The average molecular weight is 277 g/mol. The molecule has 0 aliphatic rings. The van der Waals surface area contributed by atoms with Crippen LogP contribution in [0.15, 0.2) is 48.5 Å². The molecule has 2 rings (SSSR count). The van der Waals surface area contributed by atoms with Gasteiger partial charge >= 0.3 is 0 Å². The minimum atomic E-state index is 0.473. The van der Waals surface area contributed by atoms with Crippen LogP contribution in [-0.2, 0) is 6.42 Å². The maximum atomic E-state index is 8.98. The third-order valence-electron chi connectivity index (χ3n) is 4.07. The number of nitrogens with zero attached hydrogens (tertiary/aromatic N) is 1. The molecule has 0 aliphatic heterocycles. The van der Waals surface area contributed by atoms with Crippen molar-refractivity contribution in [2.45, 2.75) is 45.4 Å². The van der Waals surface area contributed by atoms with Crippen LogP contribution in [0.4, 0.5) is 0 Å². The van der Waals surface area contributed by atoms with Gasteiger partial charge in [0.15, 0.2) is 0 Å². The summed E-state index contributed by atoms with van der Waals surface area (Å²) in [6, 6.07) is 19.1. The SMILES string of the molecule is CC(C)c1cccc(CCC(C)c2cccc(C#N)c2)c1. The second kappa shape index (κ2) is 7.09. The van der Waals surface area contributed by atoms with E-state index in [1.54, 1.807) is 0 Å². The van der Waals surface area contributed by atoms with Gasteiger partial charge in [-0.15, -0.1) is 0 Å². The van der Waals surface area contributed by atoms with Crippen molar-refractivity contribution >= 4 is 0 Å². The fourth-order valence-corrected chi connectivity index (χ4v) is 2.57. The molecule has 0 saturated heterocycles. The Labute approximate surface area is 128 Å². The van der Waals surface area contributed by atoms with Crippen LogP contribution in [-0.4, -0.2) is 0 Å². The van der Waals surface area contributed by atoms with Crippen molar-refractivity contribution in [2.75, 3.05) is 0 Å². The highest BCUT2D eigenvalue weighted by atomic mass is 14.2. The molecule has 0 aromatic heterocycles. The molecule has 0 bridgehead atoms. The molecule has 108 valence electrons. The van der Waals surface area contributed by atoms with Gasteiger partial charge < -0.3 is 0 Å². The van der Waals surface area contributed by atoms with Gasteiger partial charge in [-0.1, -0.05) is 57.2 Å². The van der Waals surface area contributed by atoms with Gasteiger partial charge in [-0.3, -0.25) is 0 Å². The molecule has 1 nitrogen and oxygen atoms in total. The Morgan fingerprint density at radius 1 is 0.952 bits per heavy atom. The molecular weight excluding hydrogens is 254 g/mol. The van der Waals surface area contributed by atoms with Gasteiger partial charge in [0.2, 0.25) is 0 Å². The highest BCUT2D eigenvalue weighted by Gasteiger charge is 2.07. The fraction of sp³-hybridized carbons (Fsp3) is 0.350. The van der Waals surface area contributed by atoms with Gasteiger partial charge in [0.05, 0.1) is 11.6 Å². The molecule has 0 saturated carbocycles. The first-order valence-corrected chi connectivity index (χ1v) is 7.69. The molecule has 1 unspecified atom stereocenters. The summed E-state index contributed by atoms with van der Waals surface area (Å²) in [7, 11) is 0. The Hall–Kier alpha value is -2.07. The smallest absolute Gasteiger partial charge is 0.0991 e. The summed E-state index contributed by atoms with van der Waals surface area (Å²) in [5.41, 5.74) is 4.83. The third-order valence-corrected chi connectivity index (χ3v) is 4.07. The zero-order valence-electron chi connectivity index (χ0n) is 13.1. The van der Waals surface area contributed by atoms with Crippen molar-refractivity contribution in [2.24, 2.45) is 0 Å². The molecule has 0 heterocycles. The number of benzene rings is 2. The van der Waals surface area contributed by atoms with Gasteiger partial charge in [-0.05, 0) is 53.5 Å². The third kappa shape index (κ3) is 4.20. The highest BCUT2D eigenvalue weighted by Crippen LogP contribution is 2.23. The normalized spacial score (nSPS) is 12.1. The molecule has 1 atom stereocenters. The Bertz CT molecular complexity index is 634. The van der Waals surface area contributed by atoms with Crippen LogP contribution in [0.3, 0.4) is 0 Å². The number of hydrogen-bond donors (Lipinski definition) is 0. The number of rotatable bonds is 5. The standard InChI is InChI=1S/C20H23N/c1-15(2)19-8-4-6-17(12-19)11-10-16(3)20-9-5-7-18(13-20)14-21/h4-9,12-13,15-16H,10-11H2,1-3H3. The Morgan fingerprint density at radius 2 is 1.67 bits per heavy atom. The van der Waals surface area contributed by atoms with E-state index in [1.165, 1.54) is 16.7 Å². The predicted octanol–water partition coefficient (Wildman–Crippen LogP) is 5.42. The molecule has 2 aromatic rings. The van der Waals surface area contributed by atoms with Crippen LogP contribution < -0.4 is 0 Å². The Balaban J connectivity index is 2.02. The number of hydrogen-bond acceptors (Lipinski definition) is 1.